The van der Waals surface area contributed by atoms with Crippen molar-refractivity contribution in [2.75, 3.05) is 19.9 Å². The Bertz CT molecular complexity index is 1270. The Morgan fingerprint density at radius 1 is 1.00 bits per heavy atom. The number of halogens is 6. The Hall–Kier alpha value is -3.68. The van der Waals surface area contributed by atoms with E-state index in [-0.39, 0.29) is 25.7 Å². The molecule has 1 saturated heterocycles. The fourth-order valence-corrected chi connectivity index (χ4v) is 4.46. The van der Waals surface area contributed by atoms with Gasteiger partial charge in [-0.15, -0.1) is 0 Å². The summed E-state index contributed by atoms with van der Waals surface area (Å²) in [6.45, 7) is 2.68. The Labute approximate surface area is 218 Å². The van der Waals surface area contributed by atoms with Crippen LogP contribution in [-0.4, -0.2) is 54.2 Å². The van der Waals surface area contributed by atoms with Gasteiger partial charge >= 0.3 is 18.4 Å². The number of ether oxygens (including phenoxy) is 3. The number of hydrogen-bond donors (Lipinski definition) is 2. The first-order valence-corrected chi connectivity index (χ1v) is 11.7. The van der Waals surface area contributed by atoms with Gasteiger partial charge in [-0.05, 0) is 62.1 Å². The predicted octanol–water partition coefficient (Wildman–Crippen LogP) is 4.66. The largest absolute Gasteiger partial charge is 0.494 e. The molecule has 0 spiro atoms. The van der Waals surface area contributed by atoms with Gasteiger partial charge in [0.2, 0.25) is 6.79 Å². The molecule has 2 heterocycles. The third kappa shape index (κ3) is 4.92. The van der Waals surface area contributed by atoms with Gasteiger partial charge in [-0.25, -0.2) is 4.79 Å². The summed E-state index contributed by atoms with van der Waals surface area (Å²) in [5.41, 5.74) is -7.65. The fourth-order valence-electron chi connectivity index (χ4n) is 4.46. The molecule has 0 aromatic heterocycles. The fraction of sp³-hybridized carbons (Fsp3) is 0.440. The van der Waals surface area contributed by atoms with Crippen molar-refractivity contribution < 1.29 is 55.2 Å². The average molecular weight is 562 g/mol. The number of urea groups is 1. The molecule has 0 saturated carbocycles. The molecule has 39 heavy (non-hydrogen) atoms. The summed E-state index contributed by atoms with van der Waals surface area (Å²) in [7, 11) is 0. The summed E-state index contributed by atoms with van der Waals surface area (Å²) >= 11 is 0. The van der Waals surface area contributed by atoms with E-state index in [9.17, 15) is 41.0 Å². The van der Waals surface area contributed by atoms with E-state index >= 15 is 0 Å². The molecule has 0 radical (unpaired) electrons. The number of hydrogen-bond acceptors (Lipinski definition) is 6. The van der Waals surface area contributed by atoms with Crippen LogP contribution in [0.25, 0.3) is 0 Å². The number of nitrogens with zero attached hydrogens (tertiary/aromatic N) is 1. The van der Waals surface area contributed by atoms with E-state index in [0.717, 1.165) is 24.0 Å². The van der Waals surface area contributed by atoms with Gasteiger partial charge in [0.25, 0.3) is 11.5 Å². The van der Waals surface area contributed by atoms with E-state index in [0.29, 0.717) is 36.0 Å². The van der Waals surface area contributed by atoms with Crippen molar-refractivity contribution in [3.05, 3.63) is 53.1 Å². The number of benzene rings is 2. The van der Waals surface area contributed by atoms with Gasteiger partial charge in [0.15, 0.2) is 11.5 Å². The zero-order valence-electron chi connectivity index (χ0n) is 20.7. The Morgan fingerprint density at radius 3 is 2.31 bits per heavy atom. The van der Waals surface area contributed by atoms with Crippen LogP contribution in [0.15, 0.2) is 36.4 Å². The molecular formula is C25H24F6N2O6. The van der Waals surface area contributed by atoms with Crippen LogP contribution < -0.4 is 19.5 Å². The third-order valence-electron chi connectivity index (χ3n) is 6.68. The smallest absolute Gasteiger partial charge is 0.430 e. The van der Waals surface area contributed by atoms with E-state index in [2.05, 4.69) is 5.32 Å². The van der Waals surface area contributed by atoms with Crippen LogP contribution >= 0.6 is 0 Å². The molecule has 4 rings (SSSR count). The second kappa shape index (κ2) is 9.81. The maximum atomic E-state index is 13.2. The molecule has 3 amide bonds. The first-order valence-electron chi connectivity index (χ1n) is 11.7. The van der Waals surface area contributed by atoms with Crippen molar-refractivity contribution in [1.29, 1.82) is 0 Å². The number of amides is 3. The third-order valence-corrected chi connectivity index (χ3v) is 6.68. The maximum Gasteiger partial charge on any atom is 0.430 e. The summed E-state index contributed by atoms with van der Waals surface area (Å²) in [6.07, 6.45) is -11.4. The van der Waals surface area contributed by atoms with Gasteiger partial charge in [0.05, 0.1) is 6.61 Å². The summed E-state index contributed by atoms with van der Waals surface area (Å²) in [6, 6.07) is 6.72. The lowest BCUT2D eigenvalue weighted by Crippen LogP contribution is -2.54. The average Bonchev–Trinajstić information content (AvgIpc) is 3.39. The van der Waals surface area contributed by atoms with Crippen molar-refractivity contribution in [3.63, 3.8) is 0 Å². The number of alkyl halides is 6. The van der Waals surface area contributed by atoms with Gasteiger partial charge in [-0.1, -0.05) is 12.1 Å². The highest BCUT2D eigenvalue weighted by Gasteiger charge is 2.71. The van der Waals surface area contributed by atoms with Crippen molar-refractivity contribution in [2.24, 2.45) is 0 Å². The number of aliphatic hydroxyl groups is 1. The van der Waals surface area contributed by atoms with Gasteiger partial charge in [0, 0.05) is 12.1 Å². The monoisotopic (exact) mass is 562 g/mol. The summed E-state index contributed by atoms with van der Waals surface area (Å²) in [5.74, 6) is 0.502. The molecule has 2 N–H and O–H groups in total. The number of fused-ring (bicyclic) bond motifs is 1. The predicted molar refractivity (Wildman–Crippen MR) is 122 cm³/mol. The number of nitrogens with one attached hydrogen (secondary N) is 1. The first kappa shape index (κ1) is 28.3. The van der Waals surface area contributed by atoms with Crippen LogP contribution in [0.2, 0.25) is 0 Å². The molecule has 8 nitrogen and oxygen atoms in total. The number of carbonyl (C=O) groups excluding carboxylic acids is 2. The van der Waals surface area contributed by atoms with Gasteiger partial charge in [-0.2, -0.15) is 26.3 Å². The second-order valence-electron chi connectivity index (χ2n) is 9.32. The minimum Gasteiger partial charge on any atom is -0.494 e. The van der Waals surface area contributed by atoms with Crippen LogP contribution in [0.4, 0.5) is 31.1 Å². The molecule has 1 unspecified atom stereocenters. The molecule has 0 bridgehead atoms. The zero-order valence-corrected chi connectivity index (χ0v) is 20.7. The molecular weight excluding hydrogens is 538 g/mol. The van der Waals surface area contributed by atoms with Crippen molar-refractivity contribution >= 4 is 11.9 Å². The van der Waals surface area contributed by atoms with E-state index in [4.69, 9.17) is 14.2 Å². The van der Waals surface area contributed by atoms with Crippen molar-refractivity contribution in [1.82, 2.24) is 10.2 Å². The molecule has 1 atom stereocenters. The van der Waals surface area contributed by atoms with Crippen LogP contribution in [0.1, 0.15) is 36.5 Å². The van der Waals surface area contributed by atoms with Gasteiger partial charge in [0.1, 0.15) is 11.3 Å². The molecule has 1 fully saturated rings. The van der Waals surface area contributed by atoms with Gasteiger partial charge < -0.3 is 24.6 Å². The van der Waals surface area contributed by atoms with Crippen LogP contribution in [0, 0.1) is 6.92 Å². The Morgan fingerprint density at radius 2 is 1.67 bits per heavy atom. The number of aryl methyl sites for hydroxylation is 1. The van der Waals surface area contributed by atoms with E-state index in [1.54, 1.807) is 25.1 Å². The number of rotatable bonds is 8. The molecule has 2 aromatic rings. The first-order chi connectivity index (χ1) is 18.1. The topological polar surface area (TPSA) is 97.3 Å². The Kier molecular flexibility index (Phi) is 7.13. The minimum absolute atomic E-state index is 0.00464. The standard InChI is InChI=1S/C25H24F6N2O6/c1-14-11-16(6-7-17(14)23(36,24(26,27)28)25(29,30)31)37-10-4-3-9-33-20(34)22(2,32-21(33)35)15-5-8-18-19(12-15)39-13-38-18/h5-8,11-12,36H,3-4,9-10,13H2,1-2H3,(H,32,35). The summed E-state index contributed by atoms with van der Waals surface area (Å²) < 4.78 is 95.0. The molecule has 0 aliphatic carbocycles. The van der Waals surface area contributed by atoms with Gasteiger partial charge in [-0.3, -0.25) is 9.69 Å². The molecule has 2 aliphatic rings. The maximum absolute atomic E-state index is 13.2. The Balaban J connectivity index is 1.33. The van der Waals surface area contributed by atoms with Crippen LogP contribution in [-0.2, 0) is 15.9 Å². The second-order valence-corrected chi connectivity index (χ2v) is 9.32. The van der Waals surface area contributed by atoms with E-state index < -0.39 is 46.6 Å². The lowest BCUT2D eigenvalue weighted by molar-refractivity contribution is -0.376. The van der Waals surface area contributed by atoms with Crippen LogP contribution in [0.3, 0.4) is 0 Å². The molecule has 2 aromatic carbocycles. The van der Waals surface area contributed by atoms with Crippen molar-refractivity contribution in [2.45, 2.75) is 50.2 Å². The molecule has 212 valence electrons. The lowest BCUT2D eigenvalue weighted by Gasteiger charge is -2.33. The van der Waals surface area contributed by atoms with Crippen molar-refractivity contribution in [3.8, 4) is 17.2 Å². The number of unbranched alkanes of at least 4 members (excludes halogenated alkanes) is 1. The molecule has 2 aliphatic heterocycles. The highest BCUT2D eigenvalue weighted by molar-refractivity contribution is 6.07. The highest BCUT2D eigenvalue weighted by Crippen LogP contribution is 2.51. The minimum atomic E-state index is -5.99. The van der Waals surface area contributed by atoms with E-state index in [1.165, 1.54) is 0 Å². The number of imide groups is 1. The molecule has 14 heteroatoms. The zero-order chi connectivity index (χ0) is 28.8. The normalized spacial score (nSPS) is 19.5. The summed E-state index contributed by atoms with van der Waals surface area (Å²) in [4.78, 5) is 26.6. The lowest BCUT2D eigenvalue weighted by atomic mass is 9.88. The summed E-state index contributed by atoms with van der Waals surface area (Å²) in [5, 5.41) is 12.3. The SMILES string of the molecule is Cc1cc(OCCCCN2C(=O)NC(C)(c3ccc4c(c3)OCO4)C2=O)ccc1C(O)(C(F)(F)F)C(F)(F)F. The number of carbonyl (C=O) groups is 2. The van der Waals surface area contributed by atoms with Crippen LogP contribution in [0.5, 0.6) is 17.2 Å². The highest BCUT2D eigenvalue weighted by atomic mass is 19.4. The van der Waals surface area contributed by atoms with E-state index in [1.807, 2.05) is 0 Å². The quantitative estimate of drug-likeness (QED) is 0.276.